The summed E-state index contributed by atoms with van der Waals surface area (Å²) < 4.78 is 1.72. The molecule has 6 heteroatoms. The molecular weight excluding hydrogens is 226 g/mol. The number of nitrogens with one attached hydrogen (secondary N) is 1. The third-order valence-electron chi connectivity index (χ3n) is 2.68. The maximum Gasteiger partial charge on any atom is 0.245 e. The zero-order valence-corrected chi connectivity index (χ0v) is 9.48. The van der Waals surface area contributed by atoms with Crippen molar-refractivity contribution >= 4 is 23.2 Å². The van der Waals surface area contributed by atoms with Crippen LogP contribution in [0, 0.1) is 0 Å². The van der Waals surface area contributed by atoms with Gasteiger partial charge in [0.2, 0.25) is 5.95 Å². The lowest BCUT2D eigenvalue weighted by Gasteiger charge is -2.25. The first-order valence-corrected chi connectivity index (χ1v) is 5.68. The van der Waals surface area contributed by atoms with Crippen LogP contribution >= 0.6 is 11.6 Å². The molecule has 1 aliphatic heterocycles. The van der Waals surface area contributed by atoms with E-state index in [1.807, 2.05) is 12.1 Å². The minimum absolute atomic E-state index is 0.671. The van der Waals surface area contributed by atoms with Crippen molar-refractivity contribution < 1.29 is 0 Å². The highest BCUT2D eigenvalue weighted by atomic mass is 35.5. The summed E-state index contributed by atoms with van der Waals surface area (Å²) in [6, 6.07) is 3.70. The smallest absolute Gasteiger partial charge is 0.245 e. The molecule has 0 aliphatic carbocycles. The number of piperazine rings is 1. The fourth-order valence-electron chi connectivity index (χ4n) is 1.85. The second kappa shape index (κ2) is 3.92. The van der Waals surface area contributed by atoms with Crippen molar-refractivity contribution in [3.05, 3.63) is 23.4 Å². The van der Waals surface area contributed by atoms with E-state index in [1.54, 1.807) is 10.7 Å². The zero-order chi connectivity index (χ0) is 11.0. The van der Waals surface area contributed by atoms with E-state index >= 15 is 0 Å². The van der Waals surface area contributed by atoms with Gasteiger partial charge in [0.15, 0.2) is 5.65 Å². The van der Waals surface area contributed by atoms with Gasteiger partial charge in [-0.2, -0.15) is 4.98 Å². The molecule has 16 heavy (non-hydrogen) atoms. The van der Waals surface area contributed by atoms with E-state index in [0.717, 1.165) is 37.8 Å². The lowest BCUT2D eigenvalue weighted by molar-refractivity contribution is 0.580. The molecule has 0 spiro atoms. The number of fused-ring (bicyclic) bond motifs is 1. The van der Waals surface area contributed by atoms with Crippen molar-refractivity contribution in [2.45, 2.75) is 0 Å². The largest absolute Gasteiger partial charge is 0.337 e. The molecule has 5 nitrogen and oxygen atoms in total. The summed E-state index contributed by atoms with van der Waals surface area (Å²) in [4.78, 5) is 6.65. The summed E-state index contributed by atoms with van der Waals surface area (Å²) in [6.45, 7) is 3.86. The molecule has 0 radical (unpaired) electrons. The normalized spacial score (nSPS) is 16.9. The van der Waals surface area contributed by atoms with Gasteiger partial charge in [-0.1, -0.05) is 11.6 Å². The summed E-state index contributed by atoms with van der Waals surface area (Å²) in [5.74, 6) is 0.781. The maximum atomic E-state index is 5.90. The summed E-state index contributed by atoms with van der Waals surface area (Å²) >= 11 is 5.90. The van der Waals surface area contributed by atoms with Gasteiger partial charge in [-0.3, -0.25) is 0 Å². The molecule has 1 N–H and O–H groups in total. The Hall–Kier alpha value is -1.33. The van der Waals surface area contributed by atoms with Crippen molar-refractivity contribution in [1.82, 2.24) is 19.9 Å². The molecule has 0 atom stereocenters. The number of pyridine rings is 1. The highest BCUT2D eigenvalue weighted by molar-refractivity contribution is 6.30. The molecule has 84 valence electrons. The third-order valence-corrected chi connectivity index (χ3v) is 2.91. The molecule has 0 unspecified atom stereocenters. The van der Waals surface area contributed by atoms with Gasteiger partial charge in [-0.15, -0.1) is 5.10 Å². The van der Waals surface area contributed by atoms with Crippen molar-refractivity contribution in [1.29, 1.82) is 0 Å². The summed E-state index contributed by atoms with van der Waals surface area (Å²) in [5, 5.41) is 8.39. The second-order valence-corrected chi connectivity index (χ2v) is 4.24. The van der Waals surface area contributed by atoms with E-state index in [4.69, 9.17) is 11.6 Å². The zero-order valence-electron chi connectivity index (χ0n) is 8.73. The van der Waals surface area contributed by atoms with Crippen LogP contribution in [0.5, 0.6) is 0 Å². The minimum atomic E-state index is 0.671. The van der Waals surface area contributed by atoms with Crippen LogP contribution in [0.3, 0.4) is 0 Å². The van der Waals surface area contributed by atoms with Crippen molar-refractivity contribution in [2.75, 3.05) is 31.1 Å². The van der Waals surface area contributed by atoms with Crippen LogP contribution in [0.15, 0.2) is 18.3 Å². The first-order valence-electron chi connectivity index (χ1n) is 5.30. The molecule has 1 aliphatic rings. The molecule has 0 amide bonds. The Morgan fingerprint density at radius 1 is 1.25 bits per heavy atom. The first-order chi connectivity index (χ1) is 7.83. The predicted molar refractivity (Wildman–Crippen MR) is 63.1 cm³/mol. The molecule has 0 aromatic carbocycles. The Kier molecular flexibility index (Phi) is 2.41. The quantitative estimate of drug-likeness (QED) is 0.797. The van der Waals surface area contributed by atoms with Crippen LogP contribution in [-0.4, -0.2) is 40.8 Å². The molecule has 1 fully saturated rings. The Morgan fingerprint density at radius 2 is 2.06 bits per heavy atom. The van der Waals surface area contributed by atoms with Gasteiger partial charge in [0.1, 0.15) is 0 Å². The Balaban J connectivity index is 1.97. The molecular formula is C10H12ClN5. The molecule has 3 heterocycles. The number of anilines is 1. The van der Waals surface area contributed by atoms with Gasteiger partial charge in [-0.25, -0.2) is 4.52 Å². The summed E-state index contributed by atoms with van der Waals surface area (Å²) in [7, 11) is 0. The lowest BCUT2D eigenvalue weighted by Crippen LogP contribution is -2.44. The number of nitrogens with zero attached hydrogens (tertiary/aromatic N) is 4. The molecule has 1 saturated heterocycles. The van der Waals surface area contributed by atoms with Gasteiger partial charge in [0, 0.05) is 32.4 Å². The molecule has 2 aromatic rings. The van der Waals surface area contributed by atoms with E-state index in [-0.39, 0.29) is 0 Å². The van der Waals surface area contributed by atoms with E-state index in [9.17, 15) is 0 Å². The topological polar surface area (TPSA) is 45.5 Å². The van der Waals surface area contributed by atoms with Crippen LogP contribution in [0.1, 0.15) is 0 Å². The highest BCUT2D eigenvalue weighted by Crippen LogP contribution is 2.14. The average molecular weight is 238 g/mol. The third kappa shape index (κ3) is 1.72. The molecule has 0 bridgehead atoms. The number of hydrogen-bond donors (Lipinski definition) is 1. The van der Waals surface area contributed by atoms with Crippen LogP contribution in [-0.2, 0) is 0 Å². The van der Waals surface area contributed by atoms with Gasteiger partial charge in [-0.05, 0) is 12.1 Å². The van der Waals surface area contributed by atoms with Crippen molar-refractivity contribution in [2.24, 2.45) is 0 Å². The Bertz CT molecular complexity index is 503. The van der Waals surface area contributed by atoms with Gasteiger partial charge in [0.25, 0.3) is 0 Å². The van der Waals surface area contributed by atoms with E-state index in [0.29, 0.717) is 5.02 Å². The van der Waals surface area contributed by atoms with Crippen molar-refractivity contribution in [3.63, 3.8) is 0 Å². The Labute approximate surface area is 98.0 Å². The first kappa shape index (κ1) is 9.86. The van der Waals surface area contributed by atoms with Gasteiger partial charge < -0.3 is 10.2 Å². The van der Waals surface area contributed by atoms with E-state index < -0.39 is 0 Å². The maximum absolute atomic E-state index is 5.90. The second-order valence-electron chi connectivity index (χ2n) is 3.80. The van der Waals surface area contributed by atoms with Crippen molar-refractivity contribution in [3.8, 4) is 0 Å². The molecule has 3 rings (SSSR count). The van der Waals surface area contributed by atoms with Crippen LogP contribution in [0.2, 0.25) is 5.02 Å². The minimum Gasteiger partial charge on any atom is -0.337 e. The van der Waals surface area contributed by atoms with Crippen LogP contribution in [0.25, 0.3) is 5.65 Å². The van der Waals surface area contributed by atoms with Crippen LogP contribution < -0.4 is 10.2 Å². The highest BCUT2D eigenvalue weighted by Gasteiger charge is 2.14. The number of halogens is 1. The van der Waals surface area contributed by atoms with Gasteiger partial charge >= 0.3 is 0 Å². The van der Waals surface area contributed by atoms with Gasteiger partial charge in [0.05, 0.1) is 5.02 Å². The van der Waals surface area contributed by atoms with E-state index in [2.05, 4.69) is 20.3 Å². The number of aromatic nitrogens is 3. The SMILES string of the molecule is Clc1ccc2nc(N3CCNCC3)nn2c1. The summed E-state index contributed by atoms with van der Waals surface area (Å²) in [6.07, 6.45) is 1.77. The summed E-state index contributed by atoms with van der Waals surface area (Å²) in [5.41, 5.74) is 0.831. The number of hydrogen-bond acceptors (Lipinski definition) is 4. The molecule has 0 saturated carbocycles. The van der Waals surface area contributed by atoms with Crippen LogP contribution in [0.4, 0.5) is 5.95 Å². The molecule has 2 aromatic heterocycles. The lowest BCUT2D eigenvalue weighted by atomic mass is 10.4. The fourth-order valence-corrected chi connectivity index (χ4v) is 2.00. The average Bonchev–Trinajstić information content (AvgIpc) is 2.73. The standard InChI is InChI=1S/C10H12ClN5/c11-8-1-2-9-13-10(14-16(9)7-8)15-5-3-12-4-6-15/h1-2,7,12H,3-6H2. The van der Waals surface area contributed by atoms with E-state index in [1.165, 1.54) is 0 Å². The monoisotopic (exact) mass is 237 g/mol. The Morgan fingerprint density at radius 3 is 2.88 bits per heavy atom. The number of rotatable bonds is 1. The predicted octanol–water partition coefficient (Wildman–Crippen LogP) is 0.792. The fraction of sp³-hybridized carbons (Fsp3) is 0.400.